The Balaban J connectivity index is 2.11. The van der Waals surface area contributed by atoms with Gasteiger partial charge in [0, 0.05) is 23.5 Å². The van der Waals surface area contributed by atoms with Crippen LogP contribution in [0.3, 0.4) is 0 Å². The Bertz CT molecular complexity index is 408. The summed E-state index contributed by atoms with van der Waals surface area (Å²) < 4.78 is 0.521. The molecule has 16 heavy (non-hydrogen) atoms. The van der Waals surface area contributed by atoms with E-state index in [1.165, 1.54) is 11.8 Å². The van der Waals surface area contributed by atoms with Crippen LogP contribution >= 0.6 is 27.7 Å². The predicted molar refractivity (Wildman–Crippen MR) is 70.1 cm³/mol. The van der Waals surface area contributed by atoms with Crippen LogP contribution in [0.1, 0.15) is 6.42 Å². The second kappa shape index (κ2) is 5.05. The summed E-state index contributed by atoms with van der Waals surface area (Å²) in [6.07, 6.45) is 1.15. The molecule has 1 fully saturated rings. The molecule has 0 aromatic heterocycles. The molecule has 0 spiro atoms. The van der Waals surface area contributed by atoms with E-state index in [0.29, 0.717) is 10.5 Å². The summed E-state index contributed by atoms with van der Waals surface area (Å²) in [5.74, 6) is 2.29. The van der Waals surface area contributed by atoms with Crippen molar-refractivity contribution in [3.8, 4) is 0 Å². The molecule has 0 radical (unpaired) electrons. The number of rotatable bonds is 3. The molecule has 1 aliphatic rings. The van der Waals surface area contributed by atoms with Crippen molar-refractivity contribution in [3.05, 3.63) is 32.8 Å². The number of hydrogen-bond acceptors (Lipinski definition) is 4. The lowest BCUT2D eigenvalue weighted by atomic mass is 10.2. The zero-order chi connectivity index (χ0) is 11.5. The fraction of sp³-hybridized carbons (Fsp3) is 0.400. The number of benzene rings is 1. The van der Waals surface area contributed by atoms with E-state index in [-0.39, 0.29) is 10.6 Å². The van der Waals surface area contributed by atoms with Gasteiger partial charge in [-0.05, 0) is 40.2 Å². The predicted octanol–water partition coefficient (Wildman–Crippen LogP) is 3.27. The zero-order valence-corrected chi connectivity index (χ0v) is 10.9. The highest BCUT2D eigenvalue weighted by Gasteiger charge is 2.17. The minimum absolute atomic E-state index is 0.103. The Kier molecular flexibility index (Phi) is 3.70. The van der Waals surface area contributed by atoms with Gasteiger partial charge in [0.1, 0.15) is 0 Å². The first-order chi connectivity index (χ1) is 7.66. The van der Waals surface area contributed by atoms with Crippen molar-refractivity contribution in [2.45, 2.75) is 12.5 Å². The smallest absolute Gasteiger partial charge is 0.283 e. The van der Waals surface area contributed by atoms with Gasteiger partial charge in [-0.25, -0.2) is 0 Å². The first-order valence-corrected chi connectivity index (χ1v) is 6.90. The van der Waals surface area contributed by atoms with Gasteiger partial charge in [-0.15, -0.1) is 0 Å². The third-order valence-electron chi connectivity index (χ3n) is 2.44. The molecule has 1 atom stereocenters. The summed E-state index contributed by atoms with van der Waals surface area (Å²) >= 11 is 5.14. The van der Waals surface area contributed by atoms with Crippen molar-refractivity contribution in [1.82, 2.24) is 0 Å². The number of anilines is 1. The van der Waals surface area contributed by atoms with E-state index >= 15 is 0 Å². The fourth-order valence-electron chi connectivity index (χ4n) is 1.63. The van der Waals surface area contributed by atoms with Crippen molar-refractivity contribution in [1.29, 1.82) is 0 Å². The van der Waals surface area contributed by atoms with Crippen molar-refractivity contribution >= 4 is 39.1 Å². The van der Waals surface area contributed by atoms with Crippen LogP contribution < -0.4 is 5.32 Å². The van der Waals surface area contributed by atoms with E-state index in [1.54, 1.807) is 12.1 Å². The average molecular weight is 303 g/mol. The molecule has 1 aromatic carbocycles. The molecule has 0 saturated carbocycles. The molecular formula is C10H11BrN2O2S. The van der Waals surface area contributed by atoms with Gasteiger partial charge < -0.3 is 5.32 Å². The lowest BCUT2D eigenvalue weighted by Gasteiger charge is -2.12. The fourth-order valence-corrected chi connectivity index (χ4v) is 3.30. The highest BCUT2D eigenvalue weighted by atomic mass is 79.9. The molecule has 0 aliphatic carbocycles. The maximum atomic E-state index is 10.6. The maximum Gasteiger partial charge on any atom is 0.283 e. The number of hydrogen-bond donors (Lipinski definition) is 1. The van der Waals surface area contributed by atoms with Gasteiger partial charge in [-0.1, -0.05) is 0 Å². The third kappa shape index (κ3) is 2.68. The summed E-state index contributed by atoms with van der Waals surface area (Å²) in [4.78, 5) is 10.2. The Morgan fingerprint density at radius 2 is 2.38 bits per heavy atom. The van der Waals surface area contributed by atoms with Crippen LogP contribution in [0, 0.1) is 10.1 Å². The van der Waals surface area contributed by atoms with Crippen LogP contribution in [0.15, 0.2) is 22.7 Å². The van der Waals surface area contributed by atoms with Gasteiger partial charge in [0.2, 0.25) is 0 Å². The van der Waals surface area contributed by atoms with Crippen LogP contribution in [0.5, 0.6) is 0 Å². The second-order valence-corrected chi connectivity index (χ2v) is 5.63. The van der Waals surface area contributed by atoms with Crippen molar-refractivity contribution in [2.24, 2.45) is 0 Å². The van der Waals surface area contributed by atoms with Gasteiger partial charge in [0.05, 0.1) is 9.40 Å². The van der Waals surface area contributed by atoms with Gasteiger partial charge in [0.15, 0.2) is 0 Å². The van der Waals surface area contributed by atoms with E-state index in [0.717, 1.165) is 17.9 Å². The molecule has 86 valence electrons. The molecule has 1 heterocycles. The number of nitro groups is 1. The molecule has 0 amide bonds. The van der Waals surface area contributed by atoms with E-state index < -0.39 is 0 Å². The zero-order valence-electron chi connectivity index (χ0n) is 8.48. The number of thioether (sulfide) groups is 1. The summed E-state index contributed by atoms with van der Waals surface area (Å²) in [5, 5.41) is 14.0. The molecular weight excluding hydrogens is 292 g/mol. The molecule has 0 bridgehead atoms. The van der Waals surface area contributed by atoms with Gasteiger partial charge in [-0.2, -0.15) is 11.8 Å². The van der Waals surface area contributed by atoms with E-state index in [4.69, 9.17) is 0 Å². The SMILES string of the molecule is O=[N+]([O-])c1ccc(NC2CCSC2)cc1Br. The summed E-state index contributed by atoms with van der Waals surface area (Å²) in [7, 11) is 0. The Hall–Kier alpha value is -0.750. The summed E-state index contributed by atoms with van der Waals surface area (Å²) in [6, 6.07) is 5.53. The Morgan fingerprint density at radius 1 is 1.56 bits per heavy atom. The molecule has 1 aliphatic heterocycles. The normalized spacial score (nSPS) is 19.7. The third-order valence-corrected chi connectivity index (χ3v) is 4.24. The number of nitro benzene ring substituents is 1. The van der Waals surface area contributed by atoms with Crippen LogP contribution in [0.2, 0.25) is 0 Å². The summed E-state index contributed by atoms with van der Waals surface area (Å²) in [6.45, 7) is 0. The Labute approximate surface area is 106 Å². The minimum Gasteiger partial charge on any atom is -0.381 e. The minimum atomic E-state index is -0.390. The highest BCUT2D eigenvalue weighted by Crippen LogP contribution is 2.29. The molecule has 1 unspecified atom stereocenters. The van der Waals surface area contributed by atoms with E-state index in [9.17, 15) is 10.1 Å². The van der Waals surface area contributed by atoms with Gasteiger partial charge >= 0.3 is 0 Å². The standard InChI is InChI=1S/C10H11BrN2O2S/c11-9-5-7(1-2-10(9)13(14)15)12-8-3-4-16-6-8/h1-2,5,8,12H,3-4,6H2. The van der Waals surface area contributed by atoms with Crippen molar-refractivity contribution < 1.29 is 4.92 Å². The molecule has 1 N–H and O–H groups in total. The van der Waals surface area contributed by atoms with E-state index in [1.807, 2.05) is 11.8 Å². The first-order valence-electron chi connectivity index (χ1n) is 4.95. The molecule has 2 rings (SSSR count). The largest absolute Gasteiger partial charge is 0.381 e. The highest BCUT2D eigenvalue weighted by molar-refractivity contribution is 9.10. The number of nitrogens with zero attached hydrogens (tertiary/aromatic N) is 1. The molecule has 6 heteroatoms. The quantitative estimate of drug-likeness (QED) is 0.688. The first kappa shape index (κ1) is 11.7. The van der Waals surface area contributed by atoms with Crippen LogP contribution in [0.4, 0.5) is 11.4 Å². The molecule has 1 saturated heterocycles. The van der Waals surface area contributed by atoms with Crippen LogP contribution in [-0.2, 0) is 0 Å². The van der Waals surface area contributed by atoms with Crippen LogP contribution in [-0.4, -0.2) is 22.5 Å². The molecule has 4 nitrogen and oxygen atoms in total. The number of nitrogens with one attached hydrogen (secondary N) is 1. The van der Waals surface area contributed by atoms with Crippen molar-refractivity contribution in [2.75, 3.05) is 16.8 Å². The second-order valence-electron chi connectivity index (χ2n) is 3.63. The molecule has 1 aromatic rings. The lowest BCUT2D eigenvalue weighted by molar-refractivity contribution is -0.385. The number of halogens is 1. The van der Waals surface area contributed by atoms with E-state index in [2.05, 4.69) is 21.2 Å². The van der Waals surface area contributed by atoms with Crippen LogP contribution in [0.25, 0.3) is 0 Å². The maximum absolute atomic E-state index is 10.6. The average Bonchev–Trinajstić information content (AvgIpc) is 2.70. The summed E-state index contributed by atoms with van der Waals surface area (Å²) in [5.41, 5.74) is 1.04. The van der Waals surface area contributed by atoms with Gasteiger partial charge in [-0.3, -0.25) is 10.1 Å². The van der Waals surface area contributed by atoms with Gasteiger partial charge in [0.25, 0.3) is 5.69 Å². The Morgan fingerprint density at radius 3 is 2.94 bits per heavy atom. The monoisotopic (exact) mass is 302 g/mol. The lowest BCUT2D eigenvalue weighted by Crippen LogP contribution is -2.17. The topological polar surface area (TPSA) is 55.2 Å². The van der Waals surface area contributed by atoms with Crippen molar-refractivity contribution in [3.63, 3.8) is 0 Å².